The molecule has 3 aromatic heterocycles. The standard InChI is InChI=1S/C13H8ClN3O2S/c14-8-4-5-10(15-7-8)20-12-11(13(18)19)17-6-2-1-3-9(17)16-12/h1-7H,(H,18,19). The molecule has 3 heterocycles. The molecule has 0 aliphatic rings. The van der Waals surface area contributed by atoms with E-state index in [0.717, 1.165) is 0 Å². The number of halogens is 1. The number of carboxylic acids is 1. The van der Waals surface area contributed by atoms with Crippen LogP contribution in [0, 0.1) is 0 Å². The molecule has 0 spiro atoms. The predicted octanol–water partition coefficient (Wildman–Crippen LogP) is 3.23. The van der Waals surface area contributed by atoms with Crippen LogP contribution in [0.4, 0.5) is 0 Å². The van der Waals surface area contributed by atoms with Gasteiger partial charge in [-0.1, -0.05) is 17.7 Å². The minimum atomic E-state index is -1.03. The van der Waals surface area contributed by atoms with Crippen molar-refractivity contribution < 1.29 is 9.90 Å². The summed E-state index contributed by atoms with van der Waals surface area (Å²) in [4.78, 5) is 19.9. The number of aromatic carboxylic acids is 1. The van der Waals surface area contributed by atoms with Crippen LogP contribution >= 0.6 is 23.4 Å². The Morgan fingerprint density at radius 3 is 2.85 bits per heavy atom. The van der Waals surface area contributed by atoms with Crippen molar-refractivity contribution in [2.75, 3.05) is 0 Å². The maximum Gasteiger partial charge on any atom is 0.355 e. The van der Waals surface area contributed by atoms with Crippen LogP contribution in [-0.2, 0) is 0 Å². The summed E-state index contributed by atoms with van der Waals surface area (Å²) in [6, 6.07) is 8.75. The van der Waals surface area contributed by atoms with Gasteiger partial charge in [-0.25, -0.2) is 14.8 Å². The number of aromatic nitrogens is 3. The number of fused-ring (bicyclic) bond motifs is 1. The van der Waals surface area contributed by atoms with Crippen molar-refractivity contribution in [1.82, 2.24) is 14.4 Å². The average Bonchev–Trinajstić information content (AvgIpc) is 2.79. The van der Waals surface area contributed by atoms with Crippen LogP contribution in [0.5, 0.6) is 0 Å². The van der Waals surface area contributed by atoms with Gasteiger partial charge < -0.3 is 5.11 Å². The highest BCUT2D eigenvalue weighted by atomic mass is 35.5. The third-order valence-corrected chi connectivity index (χ3v) is 3.75. The third kappa shape index (κ3) is 2.35. The first-order valence-electron chi connectivity index (χ1n) is 5.65. The van der Waals surface area contributed by atoms with Crippen molar-refractivity contribution in [1.29, 1.82) is 0 Å². The summed E-state index contributed by atoms with van der Waals surface area (Å²) < 4.78 is 1.54. The van der Waals surface area contributed by atoms with Gasteiger partial charge in [0.25, 0.3) is 0 Å². The van der Waals surface area contributed by atoms with Gasteiger partial charge in [0.05, 0.1) is 5.02 Å². The molecule has 0 radical (unpaired) electrons. The van der Waals surface area contributed by atoms with E-state index < -0.39 is 5.97 Å². The zero-order chi connectivity index (χ0) is 14.1. The molecule has 100 valence electrons. The van der Waals surface area contributed by atoms with Crippen LogP contribution in [0.25, 0.3) is 5.65 Å². The van der Waals surface area contributed by atoms with Crippen LogP contribution in [0.2, 0.25) is 5.02 Å². The molecule has 0 fully saturated rings. The molecule has 0 saturated heterocycles. The number of rotatable bonds is 3. The second-order valence-electron chi connectivity index (χ2n) is 3.92. The van der Waals surface area contributed by atoms with Crippen LogP contribution < -0.4 is 0 Å². The molecular formula is C13H8ClN3O2S. The quantitative estimate of drug-likeness (QED) is 0.804. The van der Waals surface area contributed by atoms with Gasteiger partial charge in [0.1, 0.15) is 15.7 Å². The highest BCUT2D eigenvalue weighted by Gasteiger charge is 2.19. The number of carbonyl (C=O) groups is 1. The first-order chi connectivity index (χ1) is 9.65. The molecule has 0 saturated carbocycles. The lowest BCUT2D eigenvalue weighted by atomic mass is 10.4. The number of hydrogen-bond acceptors (Lipinski definition) is 4. The lowest BCUT2D eigenvalue weighted by Crippen LogP contribution is -2.02. The molecule has 0 aromatic carbocycles. The van der Waals surface area contributed by atoms with E-state index in [1.807, 2.05) is 6.07 Å². The van der Waals surface area contributed by atoms with Gasteiger partial charge in [-0.2, -0.15) is 0 Å². The Kier molecular flexibility index (Phi) is 3.33. The third-order valence-electron chi connectivity index (χ3n) is 2.60. The number of imidazole rings is 1. The number of nitrogens with zero attached hydrogens (tertiary/aromatic N) is 3. The number of carboxylic acid groups (broad SMARTS) is 1. The molecule has 0 unspecified atom stereocenters. The molecule has 0 bridgehead atoms. The van der Waals surface area contributed by atoms with Gasteiger partial charge >= 0.3 is 5.97 Å². The van der Waals surface area contributed by atoms with Gasteiger partial charge in [-0.3, -0.25) is 4.40 Å². The van der Waals surface area contributed by atoms with Crippen LogP contribution in [0.1, 0.15) is 10.5 Å². The highest BCUT2D eigenvalue weighted by molar-refractivity contribution is 7.99. The zero-order valence-electron chi connectivity index (χ0n) is 10.0. The first kappa shape index (κ1) is 13.0. The van der Waals surface area contributed by atoms with Crippen molar-refractivity contribution in [3.8, 4) is 0 Å². The molecule has 0 amide bonds. The summed E-state index contributed by atoms with van der Waals surface area (Å²) in [5.74, 6) is -1.03. The number of hydrogen-bond donors (Lipinski definition) is 1. The van der Waals surface area contributed by atoms with Crippen molar-refractivity contribution in [2.45, 2.75) is 10.1 Å². The van der Waals surface area contributed by atoms with Gasteiger partial charge in [0.2, 0.25) is 0 Å². The SMILES string of the molecule is O=C(O)c1c(Sc2ccc(Cl)cn2)nc2ccccn12. The van der Waals surface area contributed by atoms with E-state index in [9.17, 15) is 9.90 Å². The highest BCUT2D eigenvalue weighted by Crippen LogP contribution is 2.29. The molecular weight excluding hydrogens is 298 g/mol. The Morgan fingerprint density at radius 2 is 2.15 bits per heavy atom. The fraction of sp³-hybridized carbons (Fsp3) is 0. The van der Waals surface area contributed by atoms with E-state index in [1.54, 1.807) is 34.9 Å². The number of pyridine rings is 2. The normalized spacial score (nSPS) is 10.8. The summed E-state index contributed by atoms with van der Waals surface area (Å²) in [6.45, 7) is 0. The predicted molar refractivity (Wildman–Crippen MR) is 75.5 cm³/mol. The molecule has 0 aliphatic heterocycles. The fourth-order valence-electron chi connectivity index (χ4n) is 1.76. The van der Waals surface area contributed by atoms with Crippen molar-refractivity contribution >= 4 is 35.0 Å². The molecule has 0 atom stereocenters. The zero-order valence-corrected chi connectivity index (χ0v) is 11.6. The van der Waals surface area contributed by atoms with Crippen molar-refractivity contribution in [3.63, 3.8) is 0 Å². The van der Waals surface area contributed by atoms with Crippen LogP contribution in [0.15, 0.2) is 52.8 Å². The summed E-state index contributed by atoms with van der Waals surface area (Å²) >= 11 is 6.97. The molecule has 20 heavy (non-hydrogen) atoms. The topological polar surface area (TPSA) is 67.5 Å². The van der Waals surface area contributed by atoms with Crippen LogP contribution in [0.3, 0.4) is 0 Å². The molecule has 1 N–H and O–H groups in total. The van der Waals surface area contributed by atoms with Gasteiger partial charge in [-0.15, -0.1) is 0 Å². The van der Waals surface area contributed by atoms with E-state index in [2.05, 4.69) is 9.97 Å². The monoisotopic (exact) mass is 305 g/mol. The maximum absolute atomic E-state index is 11.4. The van der Waals surface area contributed by atoms with E-state index in [4.69, 9.17) is 11.6 Å². The molecule has 3 rings (SSSR count). The van der Waals surface area contributed by atoms with E-state index >= 15 is 0 Å². The lowest BCUT2D eigenvalue weighted by molar-refractivity contribution is 0.0685. The lowest BCUT2D eigenvalue weighted by Gasteiger charge is -1.99. The van der Waals surface area contributed by atoms with Gasteiger partial charge in [0.15, 0.2) is 5.69 Å². The Balaban J connectivity index is 2.08. The molecule has 0 aliphatic carbocycles. The van der Waals surface area contributed by atoms with Crippen molar-refractivity contribution in [3.05, 3.63) is 53.4 Å². The Bertz CT molecular complexity index is 786. The smallest absolute Gasteiger partial charge is 0.355 e. The summed E-state index contributed by atoms with van der Waals surface area (Å²) in [5.41, 5.74) is 0.712. The van der Waals surface area contributed by atoms with Gasteiger partial charge in [-0.05, 0) is 36.0 Å². The van der Waals surface area contributed by atoms with E-state index in [0.29, 0.717) is 20.7 Å². The minimum absolute atomic E-state index is 0.127. The Morgan fingerprint density at radius 1 is 1.30 bits per heavy atom. The summed E-state index contributed by atoms with van der Waals surface area (Å²) in [7, 11) is 0. The summed E-state index contributed by atoms with van der Waals surface area (Å²) in [5, 5.41) is 10.9. The van der Waals surface area contributed by atoms with Crippen molar-refractivity contribution in [2.24, 2.45) is 0 Å². The van der Waals surface area contributed by atoms with Gasteiger partial charge in [0, 0.05) is 12.4 Å². The fourth-order valence-corrected chi connectivity index (χ4v) is 2.73. The van der Waals surface area contributed by atoms with Crippen LogP contribution in [-0.4, -0.2) is 25.4 Å². The Labute approximate surface area is 123 Å². The summed E-state index contributed by atoms with van der Waals surface area (Å²) in [6.07, 6.45) is 3.19. The first-order valence-corrected chi connectivity index (χ1v) is 6.84. The van der Waals surface area contributed by atoms with E-state index in [1.165, 1.54) is 18.0 Å². The average molecular weight is 306 g/mol. The Hall–Kier alpha value is -2.05. The maximum atomic E-state index is 11.4. The second kappa shape index (κ2) is 5.15. The molecule has 5 nitrogen and oxygen atoms in total. The molecule has 7 heteroatoms. The second-order valence-corrected chi connectivity index (χ2v) is 5.36. The van der Waals surface area contributed by atoms with E-state index in [-0.39, 0.29) is 5.69 Å². The largest absolute Gasteiger partial charge is 0.476 e. The minimum Gasteiger partial charge on any atom is -0.476 e. The molecule has 3 aromatic rings.